The lowest BCUT2D eigenvalue weighted by Crippen LogP contribution is -2.12. The van der Waals surface area contributed by atoms with E-state index in [1.165, 1.54) is 11.3 Å². The van der Waals surface area contributed by atoms with Gasteiger partial charge in [0.25, 0.3) is 5.91 Å². The summed E-state index contributed by atoms with van der Waals surface area (Å²) in [6.07, 6.45) is 3.25. The number of nitrogens with one attached hydrogen (secondary N) is 1. The highest BCUT2D eigenvalue weighted by molar-refractivity contribution is 9.11. The fourth-order valence-electron chi connectivity index (χ4n) is 1.03. The Kier molecular flexibility index (Phi) is 3.67. The molecule has 82 valence electrons. The van der Waals surface area contributed by atoms with Gasteiger partial charge in [0.1, 0.15) is 4.60 Å². The Bertz CT molecular complexity index is 529. The van der Waals surface area contributed by atoms with Crippen molar-refractivity contribution in [3.8, 4) is 0 Å². The maximum atomic E-state index is 11.8. The maximum Gasteiger partial charge on any atom is 0.260 e. The van der Waals surface area contributed by atoms with Crippen molar-refractivity contribution in [1.29, 1.82) is 0 Å². The summed E-state index contributed by atoms with van der Waals surface area (Å²) in [5.74, 6) is -0.234. The van der Waals surface area contributed by atoms with E-state index in [1.807, 2.05) is 0 Å². The van der Waals surface area contributed by atoms with E-state index < -0.39 is 0 Å². The minimum absolute atomic E-state index is 0.234. The molecule has 0 bridgehead atoms. The number of hydrogen-bond donors (Lipinski definition) is 1. The largest absolute Gasteiger partial charge is 0.298 e. The van der Waals surface area contributed by atoms with Crippen LogP contribution < -0.4 is 5.32 Å². The van der Waals surface area contributed by atoms with E-state index >= 15 is 0 Å². The molecule has 0 aromatic carbocycles. The first-order valence-corrected chi connectivity index (χ1v) is 6.60. The third-order valence-electron chi connectivity index (χ3n) is 1.70. The first-order chi connectivity index (χ1) is 7.66. The Balaban J connectivity index is 2.18. The predicted octanol–water partition coefficient (Wildman–Crippen LogP) is 3.32. The Morgan fingerprint density at radius 2 is 2.19 bits per heavy atom. The highest BCUT2D eigenvalue weighted by Crippen LogP contribution is 2.24. The molecular formula is C9H5Br2N3OS. The molecule has 0 unspecified atom stereocenters. The summed E-state index contributed by atoms with van der Waals surface area (Å²) in [6, 6.07) is 3.40. The van der Waals surface area contributed by atoms with Crippen molar-refractivity contribution in [3.63, 3.8) is 0 Å². The van der Waals surface area contributed by atoms with Crippen molar-refractivity contribution >= 4 is 54.2 Å². The monoisotopic (exact) mass is 361 g/mol. The smallest absolute Gasteiger partial charge is 0.260 e. The molecule has 0 radical (unpaired) electrons. The highest BCUT2D eigenvalue weighted by Gasteiger charge is 2.11. The minimum Gasteiger partial charge on any atom is -0.298 e. The van der Waals surface area contributed by atoms with Crippen LogP contribution in [0.1, 0.15) is 10.4 Å². The predicted molar refractivity (Wildman–Crippen MR) is 69.7 cm³/mol. The lowest BCUT2D eigenvalue weighted by atomic mass is 10.3. The number of nitrogens with zero attached hydrogens (tertiary/aromatic N) is 2. The summed E-state index contributed by atoms with van der Waals surface area (Å²) in [4.78, 5) is 19.8. The van der Waals surface area contributed by atoms with Crippen LogP contribution in [-0.2, 0) is 0 Å². The van der Waals surface area contributed by atoms with Crippen LogP contribution in [0, 0.1) is 0 Å². The van der Waals surface area contributed by atoms with Gasteiger partial charge in [-0.25, -0.2) is 9.97 Å². The molecule has 0 aliphatic heterocycles. The molecule has 16 heavy (non-hydrogen) atoms. The van der Waals surface area contributed by atoms with Crippen molar-refractivity contribution in [2.45, 2.75) is 0 Å². The minimum atomic E-state index is -0.234. The van der Waals surface area contributed by atoms with Gasteiger partial charge in [-0.2, -0.15) is 0 Å². The molecule has 0 saturated carbocycles. The van der Waals surface area contributed by atoms with Crippen LogP contribution in [0.5, 0.6) is 0 Å². The van der Waals surface area contributed by atoms with Gasteiger partial charge in [-0.05, 0) is 44.0 Å². The summed E-state index contributed by atoms with van der Waals surface area (Å²) in [5.41, 5.74) is 0.480. The van der Waals surface area contributed by atoms with Crippen LogP contribution in [0.4, 0.5) is 5.13 Å². The average Bonchev–Trinajstić information content (AvgIpc) is 2.64. The van der Waals surface area contributed by atoms with Gasteiger partial charge in [-0.3, -0.25) is 10.1 Å². The first kappa shape index (κ1) is 11.7. The van der Waals surface area contributed by atoms with E-state index in [-0.39, 0.29) is 5.91 Å². The molecule has 0 saturated heterocycles. The molecule has 7 heteroatoms. The number of carbonyl (C=O) groups excluding carboxylic acids is 1. The van der Waals surface area contributed by atoms with Gasteiger partial charge in [0.05, 0.1) is 15.5 Å². The topological polar surface area (TPSA) is 54.9 Å². The average molecular weight is 363 g/mol. The Hall–Kier alpha value is -0.790. The molecule has 2 rings (SSSR count). The highest BCUT2D eigenvalue weighted by atomic mass is 79.9. The van der Waals surface area contributed by atoms with Crippen molar-refractivity contribution in [2.75, 3.05) is 5.32 Å². The zero-order chi connectivity index (χ0) is 11.5. The fourth-order valence-corrected chi connectivity index (χ4v) is 2.56. The molecule has 1 N–H and O–H groups in total. The van der Waals surface area contributed by atoms with E-state index in [0.29, 0.717) is 15.3 Å². The second-order valence-corrected chi connectivity index (χ2v) is 5.93. The molecule has 1 amide bonds. The molecule has 2 aromatic heterocycles. The lowest BCUT2D eigenvalue weighted by molar-refractivity contribution is 0.102. The number of amides is 1. The van der Waals surface area contributed by atoms with E-state index in [0.717, 1.165) is 3.79 Å². The first-order valence-electron chi connectivity index (χ1n) is 4.20. The summed E-state index contributed by atoms with van der Waals surface area (Å²) in [6.45, 7) is 0. The maximum absolute atomic E-state index is 11.8. The number of pyridine rings is 1. The SMILES string of the molecule is O=C(Nc1ncc(Br)s1)c1cccnc1Br. The summed E-state index contributed by atoms with van der Waals surface area (Å²) in [7, 11) is 0. The van der Waals surface area contributed by atoms with Gasteiger partial charge >= 0.3 is 0 Å². The number of anilines is 1. The number of halogens is 2. The van der Waals surface area contributed by atoms with E-state index in [1.54, 1.807) is 24.5 Å². The van der Waals surface area contributed by atoms with Gasteiger partial charge in [0, 0.05) is 6.20 Å². The number of aromatic nitrogens is 2. The molecule has 0 fully saturated rings. The molecule has 0 atom stereocenters. The van der Waals surface area contributed by atoms with Gasteiger partial charge in [-0.1, -0.05) is 11.3 Å². The fraction of sp³-hybridized carbons (Fsp3) is 0. The van der Waals surface area contributed by atoms with Crippen LogP contribution in [0.25, 0.3) is 0 Å². The van der Waals surface area contributed by atoms with E-state index in [2.05, 4.69) is 47.1 Å². The lowest BCUT2D eigenvalue weighted by Gasteiger charge is -2.02. The normalized spacial score (nSPS) is 10.1. The molecule has 4 nitrogen and oxygen atoms in total. The number of carbonyl (C=O) groups is 1. The van der Waals surface area contributed by atoms with Crippen molar-refractivity contribution in [3.05, 3.63) is 38.5 Å². The number of hydrogen-bond acceptors (Lipinski definition) is 4. The van der Waals surface area contributed by atoms with Crippen LogP contribution in [0.2, 0.25) is 0 Å². The van der Waals surface area contributed by atoms with Crippen LogP contribution in [0.15, 0.2) is 32.9 Å². The molecule has 2 heterocycles. The Labute approximate surface area is 112 Å². The van der Waals surface area contributed by atoms with E-state index in [4.69, 9.17) is 0 Å². The van der Waals surface area contributed by atoms with Crippen molar-refractivity contribution in [2.24, 2.45) is 0 Å². The molecule has 0 spiro atoms. The zero-order valence-electron chi connectivity index (χ0n) is 7.78. The van der Waals surface area contributed by atoms with Gasteiger partial charge in [-0.15, -0.1) is 0 Å². The van der Waals surface area contributed by atoms with Gasteiger partial charge in [0.2, 0.25) is 0 Å². The summed E-state index contributed by atoms with van der Waals surface area (Å²) in [5, 5.41) is 3.24. The zero-order valence-corrected chi connectivity index (χ0v) is 11.8. The molecule has 0 aliphatic carbocycles. The Morgan fingerprint density at radius 3 is 2.81 bits per heavy atom. The van der Waals surface area contributed by atoms with Gasteiger partial charge < -0.3 is 0 Å². The summed E-state index contributed by atoms with van der Waals surface area (Å²) < 4.78 is 1.39. The van der Waals surface area contributed by atoms with E-state index in [9.17, 15) is 4.79 Å². The molecular weight excluding hydrogens is 358 g/mol. The summed E-state index contributed by atoms with van der Waals surface area (Å²) >= 11 is 7.85. The van der Waals surface area contributed by atoms with Gasteiger partial charge in [0.15, 0.2) is 5.13 Å². The Morgan fingerprint density at radius 1 is 1.38 bits per heavy atom. The quantitative estimate of drug-likeness (QED) is 0.834. The molecule has 2 aromatic rings. The number of rotatable bonds is 2. The van der Waals surface area contributed by atoms with Crippen LogP contribution >= 0.6 is 43.2 Å². The van der Waals surface area contributed by atoms with Crippen molar-refractivity contribution in [1.82, 2.24) is 9.97 Å². The third-order valence-corrected chi connectivity index (χ3v) is 3.73. The van der Waals surface area contributed by atoms with Crippen LogP contribution in [0.3, 0.4) is 0 Å². The van der Waals surface area contributed by atoms with Crippen molar-refractivity contribution < 1.29 is 4.79 Å². The standard InChI is InChI=1S/C9H5Br2N3OS/c10-6-4-13-9(16-6)14-8(15)5-2-1-3-12-7(5)11/h1-4H,(H,13,14,15). The second-order valence-electron chi connectivity index (χ2n) is 2.77. The van der Waals surface area contributed by atoms with Crippen LogP contribution in [-0.4, -0.2) is 15.9 Å². The second kappa shape index (κ2) is 5.03. The number of thiazole rings is 1. The third kappa shape index (κ3) is 2.66. The molecule has 0 aliphatic rings.